The number of carbonyl (C=O) groups is 1. The first-order valence-corrected chi connectivity index (χ1v) is 9.34. The Kier molecular flexibility index (Phi) is 4.73. The summed E-state index contributed by atoms with van der Waals surface area (Å²) in [6.45, 7) is 3.77. The van der Waals surface area contributed by atoms with Gasteiger partial charge < -0.3 is 4.74 Å². The van der Waals surface area contributed by atoms with E-state index < -0.39 is 0 Å². The average Bonchev–Trinajstić information content (AvgIpc) is 2.48. The molecule has 3 fully saturated rings. The lowest BCUT2D eigenvalue weighted by Crippen LogP contribution is -2.55. The molecule has 0 bridgehead atoms. The van der Waals surface area contributed by atoms with Crippen LogP contribution in [0, 0.1) is 0 Å². The summed E-state index contributed by atoms with van der Waals surface area (Å²) in [7, 11) is 0. The van der Waals surface area contributed by atoms with Crippen molar-refractivity contribution in [3.05, 3.63) is 0 Å². The van der Waals surface area contributed by atoms with Crippen molar-refractivity contribution in [3.8, 4) is 0 Å². The number of nitrogens with zero attached hydrogens (tertiary/aromatic N) is 1. The zero-order chi connectivity index (χ0) is 14.0. The maximum atomic E-state index is 11.9. The van der Waals surface area contributed by atoms with E-state index >= 15 is 0 Å². The first-order chi connectivity index (χ1) is 9.70. The molecule has 114 valence electrons. The van der Waals surface area contributed by atoms with Crippen LogP contribution >= 0.6 is 11.8 Å². The molecule has 0 aliphatic carbocycles. The number of ketones is 1. The first-order valence-electron chi connectivity index (χ1n) is 8.18. The largest absolute Gasteiger partial charge is 0.375 e. The second-order valence-electron chi connectivity index (χ2n) is 6.65. The summed E-state index contributed by atoms with van der Waals surface area (Å²) in [6, 6.07) is 0.753. The van der Waals surface area contributed by atoms with Crippen molar-refractivity contribution in [2.45, 2.75) is 69.6 Å². The summed E-state index contributed by atoms with van der Waals surface area (Å²) >= 11 is 2.06. The van der Waals surface area contributed by atoms with E-state index in [1.807, 2.05) is 0 Å². The number of likely N-dealkylation sites (tertiary alicyclic amines) is 1. The van der Waals surface area contributed by atoms with Crippen LogP contribution in [-0.4, -0.2) is 53.0 Å². The summed E-state index contributed by atoms with van der Waals surface area (Å²) in [5, 5.41) is 0. The molecule has 2 atom stereocenters. The third kappa shape index (κ3) is 3.07. The minimum absolute atomic E-state index is 0.132. The Hall–Kier alpha value is -0.0600. The molecule has 0 saturated carbocycles. The van der Waals surface area contributed by atoms with E-state index in [9.17, 15) is 4.79 Å². The highest BCUT2D eigenvalue weighted by atomic mass is 32.2. The van der Waals surface area contributed by atoms with Crippen LogP contribution in [0.2, 0.25) is 0 Å². The van der Waals surface area contributed by atoms with E-state index in [4.69, 9.17) is 4.74 Å². The average molecular weight is 297 g/mol. The number of piperidine rings is 1. The quantitative estimate of drug-likeness (QED) is 0.784. The zero-order valence-electron chi connectivity index (χ0n) is 12.6. The lowest BCUT2D eigenvalue weighted by molar-refractivity contribution is -0.135. The molecule has 3 saturated heterocycles. The van der Waals surface area contributed by atoms with E-state index in [-0.39, 0.29) is 11.6 Å². The van der Waals surface area contributed by atoms with Gasteiger partial charge in [0.1, 0.15) is 5.78 Å². The Bertz CT molecular complexity index is 349. The molecule has 0 aromatic heterocycles. The van der Waals surface area contributed by atoms with Crippen LogP contribution < -0.4 is 0 Å². The fourth-order valence-corrected chi connectivity index (χ4v) is 5.44. The van der Waals surface area contributed by atoms with Crippen LogP contribution in [-0.2, 0) is 9.53 Å². The van der Waals surface area contributed by atoms with Crippen molar-refractivity contribution in [3.63, 3.8) is 0 Å². The van der Waals surface area contributed by atoms with E-state index in [0.717, 1.165) is 32.4 Å². The Morgan fingerprint density at radius 3 is 2.80 bits per heavy atom. The fraction of sp³-hybridized carbons (Fsp3) is 0.938. The van der Waals surface area contributed by atoms with Crippen LogP contribution in [0.5, 0.6) is 0 Å². The van der Waals surface area contributed by atoms with Crippen LogP contribution in [0.4, 0.5) is 0 Å². The highest BCUT2D eigenvalue weighted by Crippen LogP contribution is 2.40. The summed E-state index contributed by atoms with van der Waals surface area (Å²) in [5.41, 5.74) is 0.132. The smallest absolute Gasteiger partial charge is 0.146 e. The molecule has 3 aliphatic heterocycles. The van der Waals surface area contributed by atoms with E-state index in [1.165, 1.54) is 37.2 Å². The lowest BCUT2D eigenvalue weighted by atomic mass is 9.83. The Morgan fingerprint density at radius 2 is 2.05 bits per heavy atom. The predicted molar refractivity (Wildman–Crippen MR) is 83.3 cm³/mol. The topological polar surface area (TPSA) is 29.5 Å². The van der Waals surface area contributed by atoms with Crippen LogP contribution in [0.1, 0.15) is 51.9 Å². The minimum atomic E-state index is 0.132. The van der Waals surface area contributed by atoms with Crippen molar-refractivity contribution >= 4 is 17.5 Å². The maximum Gasteiger partial charge on any atom is 0.146 e. The summed E-state index contributed by atoms with van der Waals surface area (Å²) < 4.78 is 6.20. The summed E-state index contributed by atoms with van der Waals surface area (Å²) in [6.07, 6.45) is 8.20. The van der Waals surface area contributed by atoms with Gasteiger partial charge in [-0.1, -0.05) is 6.42 Å². The second kappa shape index (κ2) is 6.37. The molecule has 1 spiro atoms. The number of carbonyl (C=O) groups excluding carboxylic acids is 1. The zero-order valence-corrected chi connectivity index (χ0v) is 13.4. The molecule has 0 N–H and O–H groups in total. The molecule has 4 heteroatoms. The molecule has 2 unspecified atom stereocenters. The van der Waals surface area contributed by atoms with Gasteiger partial charge in [0.05, 0.1) is 11.6 Å². The Labute approximate surface area is 126 Å². The molecule has 3 aliphatic rings. The van der Waals surface area contributed by atoms with Crippen LogP contribution in [0.25, 0.3) is 0 Å². The van der Waals surface area contributed by atoms with Crippen LogP contribution in [0.15, 0.2) is 0 Å². The molecular formula is C16H27NO2S. The first kappa shape index (κ1) is 14.9. The highest BCUT2D eigenvalue weighted by molar-refractivity contribution is 7.99. The summed E-state index contributed by atoms with van der Waals surface area (Å²) in [5.74, 6) is 2.84. The van der Waals surface area contributed by atoms with Crippen LogP contribution in [0.3, 0.4) is 0 Å². The van der Waals surface area contributed by atoms with Gasteiger partial charge in [-0.25, -0.2) is 0 Å². The van der Waals surface area contributed by atoms with Gasteiger partial charge >= 0.3 is 0 Å². The third-order valence-corrected chi connectivity index (χ3v) is 6.34. The predicted octanol–water partition coefficient (Wildman–Crippen LogP) is 2.87. The van der Waals surface area contributed by atoms with Crippen molar-refractivity contribution < 1.29 is 9.53 Å². The molecule has 20 heavy (non-hydrogen) atoms. The number of thioether (sulfide) groups is 1. The van der Waals surface area contributed by atoms with Gasteiger partial charge in [0.15, 0.2) is 0 Å². The molecule has 0 radical (unpaired) electrons. The molecule has 3 heterocycles. The van der Waals surface area contributed by atoms with E-state index in [0.29, 0.717) is 11.8 Å². The maximum absolute atomic E-state index is 11.9. The molecule has 0 aromatic rings. The second-order valence-corrected chi connectivity index (χ2v) is 7.88. The van der Waals surface area contributed by atoms with E-state index in [1.54, 1.807) is 6.92 Å². The Morgan fingerprint density at radius 1 is 1.25 bits per heavy atom. The van der Waals surface area contributed by atoms with Crippen molar-refractivity contribution in [2.24, 2.45) is 0 Å². The van der Waals surface area contributed by atoms with Gasteiger partial charge in [0.2, 0.25) is 0 Å². The van der Waals surface area contributed by atoms with Gasteiger partial charge in [0, 0.05) is 12.6 Å². The van der Waals surface area contributed by atoms with Gasteiger partial charge in [-0.3, -0.25) is 9.69 Å². The van der Waals surface area contributed by atoms with Gasteiger partial charge in [0.25, 0.3) is 0 Å². The fourth-order valence-electron chi connectivity index (χ4n) is 4.20. The third-order valence-electron chi connectivity index (χ3n) is 5.35. The molecule has 0 aromatic carbocycles. The summed E-state index contributed by atoms with van der Waals surface area (Å²) in [4.78, 5) is 14.5. The normalized spacial score (nSPS) is 35.0. The van der Waals surface area contributed by atoms with Crippen molar-refractivity contribution in [2.75, 3.05) is 24.7 Å². The number of hydrogen-bond acceptors (Lipinski definition) is 4. The van der Waals surface area contributed by atoms with Crippen molar-refractivity contribution in [1.29, 1.82) is 0 Å². The Balaban J connectivity index is 1.70. The monoisotopic (exact) mass is 297 g/mol. The lowest BCUT2D eigenvalue weighted by Gasteiger charge is -2.49. The standard InChI is InChI=1S/C16H27NO2S/c1-13(18)15-4-2-3-8-17(15)14-5-9-19-16(12-14)6-10-20-11-7-16/h14-15H,2-12H2,1H3. The van der Waals surface area contributed by atoms with Gasteiger partial charge in [-0.05, 0) is 63.5 Å². The van der Waals surface area contributed by atoms with Gasteiger partial charge in [-0.15, -0.1) is 0 Å². The minimum Gasteiger partial charge on any atom is -0.375 e. The highest BCUT2D eigenvalue weighted by Gasteiger charge is 2.42. The van der Waals surface area contributed by atoms with Gasteiger partial charge in [-0.2, -0.15) is 11.8 Å². The SMILES string of the molecule is CC(=O)C1CCCCN1C1CCOC2(CCSCC2)C1. The number of Topliss-reactive ketones (excluding diaryl/α,β-unsaturated/α-hetero) is 1. The molecular weight excluding hydrogens is 270 g/mol. The number of ether oxygens (including phenoxy) is 1. The molecule has 3 nitrogen and oxygen atoms in total. The number of rotatable bonds is 2. The van der Waals surface area contributed by atoms with E-state index in [2.05, 4.69) is 16.7 Å². The molecule has 0 amide bonds. The number of hydrogen-bond donors (Lipinski definition) is 0. The van der Waals surface area contributed by atoms with Crippen molar-refractivity contribution in [1.82, 2.24) is 4.90 Å². The molecule has 3 rings (SSSR count).